The maximum Gasteiger partial charge on any atom is 0.187 e. The van der Waals surface area contributed by atoms with Gasteiger partial charge in [-0.15, -0.1) is 0 Å². The number of hydrogen-bond donors (Lipinski definition) is 0. The summed E-state index contributed by atoms with van der Waals surface area (Å²) in [5.74, 6) is 0.867. The summed E-state index contributed by atoms with van der Waals surface area (Å²) in [4.78, 5) is 3.56. The van der Waals surface area contributed by atoms with E-state index in [9.17, 15) is 0 Å². The number of fused-ring (bicyclic) bond motifs is 3. The third-order valence-corrected chi connectivity index (χ3v) is 5.53. The fourth-order valence-electron chi connectivity index (χ4n) is 3.39. The molecule has 0 saturated carbocycles. The second-order valence-electron chi connectivity index (χ2n) is 6.82. The predicted molar refractivity (Wildman–Crippen MR) is 113 cm³/mol. The first-order valence-corrected chi connectivity index (χ1v) is 9.78. The van der Waals surface area contributed by atoms with Crippen LogP contribution >= 0.6 is 31.9 Å². The molecule has 3 aromatic carbocycles. The van der Waals surface area contributed by atoms with Gasteiger partial charge < -0.3 is 4.74 Å². The van der Waals surface area contributed by atoms with E-state index in [4.69, 9.17) is 11.3 Å². The van der Waals surface area contributed by atoms with Crippen LogP contribution in [0.25, 0.3) is 27.1 Å². The molecule has 2 nitrogen and oxygen atoms in total. The van der Waals surface area contributed by atoms with E-state index in [-0.39, 0.29) is 0 Å². The summed E-state index contributed by atoms with van der Waals surface area (Å²) in [6.07, 6.45) is 0. The van der Waals surface area contributed by atoms with Gasteiger partial charge in [0.05, 0.1) is 6.57 Å². The molecular formula is C22H15Br2NO. The second kappa shape index (κ2) is 6.26. The molecule has 1 aliphatic heterocycles. The molecule has 1 aliphatic rings. The Labute approximate surface area is 169 Å². The fourth-order valence-corrected chi connectivity index (χ4v) is 4.69. The zero-order valence-corrected chi connectivity index (χ0v) is 17.5. The summed E-state index contributed by atoms with van der Waals surface area (Å²) in [7, 11) is 0. The molecule has 0 atom stereocenters. The van der Waals surface area contributed by atoms with Gasteiger partial charge in [0.15, 0.2) is 5.69 Å². The van der Waals surface area contributed by atoms with Gasteiger partial charge in [-0.1, -0.05) is 56.1 Å². The molecule has 0 aromatic heterocycles. The molecule has 4 rings (SSSR count). The van der Waals surface area contributed by atoms with Crippen molar-refractivity contribution in [2.24, 2.45) is 0 Å². The molecule has 0 fully saturated rings. The van der Waals surface area contributed by atoms with Gasteiger partial charge in [-0.25, -0.2) is 4.85 Å². The van der Waals surface area contributed by atoms with E-state index in [0.29, 0.717) is 5.69 Å². The van der Waals surface area contributed by atoms with E-state index in [2.05, 4.69) is 67.0 Å². The summed E-state index contributed by atoms with van der Waals surface area (Å²) in [5.41, 5.74) is 5.61. The molecule has 0 N–H and O–H groups in total. The molecule has 26 heavy (non-hydrogen) atoms. The van der Waals surface area contributed by atoms with Crippen molar-refractivity contribution in [1.29, 1.82) is 0 Å². The zero-order chi connectivity index (χ0) is 18.5. The molecule has 3 aromatic rings. The van der Waals surface area contributed by atoms with Crippen LogP contribution in [-0.4, -0.2) is 0 Å². The highest BCUT2D eigenvalue weighted by Crippen LogP contribution is 2.47. The first-order valence-electron chi connectivity index (χ1n) is 8.19. The van der Waals surface area contributed by atoms with E-state index in [1.54, 1.807) is 0 Å². The van der Waals surface area contributed by atoms with Gasteiger partial charge in [-0.2, -0.15) is 0 Å². The number of hydrogen-bond acceptors (Lipinski definition) is 1. The van der Waals surface area contributed by atoms with Crippen LogP contribution in [0, 0.1) is 6.57 Å². The Bertz CT molecular complexity index is 1060. The minimum absolute atomic E-state index is 0.487. The van der Waals surface area contributed by atoms with Crippen LogP contribution in [0.1, 0.15) is 19.4 Å². The highest BCUT2D eigenvalue weighted by molar-refractivity contribution is 9.11. The van der Waals surface area contributed by atoms with Crippen molar-refractivity contribution in [2.45, 2.75) is 19.4 Å². The third kappa shape index (κ3) is 2.96. The summed E-state index contributed by atoms with van der Waals surface area (Å²) in [6, 6.07) is 18.4. The first kappa shape index (κ1) is 17.3. The Morgan fingerprint density at radius 2 is 1.54 bits per heavy atom. The van der Waals surface area contributed by atoms with Crippen LogP contribution in [0.5, 0.6) is 5.75 Å². The molecule has 4 heteroatoms. The summed E-state index contributed by atoms with van der Waals surface area (Å²) < 4.78 is 8.39. The average molecular weight is 469 g/mol. The van der Waals surface area contributed by atoms with Crippen LogP contribution in [-0.2, 0) is 5.60 Å². The topological polar surface area (TPSA) is 13.6 Å². The maximum atomic E-state index is 7.27. The van der Waals surface area contributed by atoms with Gasteiger partial charge in [-0.3, -0.25) is 0 Å². The molecule has 0 amide bonds. The van der Waals surface area contributed by atoms with E-state index in [0.717, 1.165) is 42.5 Å². The van der Waals surface area contributed by atoms with Crippen LogP contribution in [0.2, 0.25) is 0 Å². The fraction of sp³-hybridized carbons (Fsp3) is 0.136. The van der Waals surface area contributed by atoms with Gasteiger partial charge in [0, 0.05) is 14.5 Å². The Morgan fingerprint density at radius 1 is 0.846 bits per heavy atom. The first-order chi connectivity index (χ1) is 12.4. The highest BCUT2D eigenvalue weighted by Gasteiger charge is 2.32. The normalized spacial score (nSPS) is 14.0. The average Bonchev–Trinajstić information content (AvgIpc) is 2.59. The monoisotopic (exact) mass is 467 g/mol. The lowest BCUT2D eigenvalue weighted by Crippen LogP contribution is -2.29. The third-order valence-electron chi connectivity index (χ3n) is 4.61. The molecule has 0 radical (unpaired) electrons. The van der Waals surface area contributed by atoms with Crippen LogP contribution in [0.3, 0.4) is 0 Å². The minimum Gasteiger partial charge on any atom is -0.483 e. The maximum absolute atomic E-state index is 7.27. The SMILES string of the molecule is [C-]#[N+]c1ccc2c(c1)C(C)(C)Oc1cc(-c3cc(Br)cc(Br)c3)ccc1-2. The van der Waals surface area contributed by atoms with Crippen molar-refractivity contribution >= 4 is 37.5 Å². The minimum atomic E-state index is -0.487. The van der Waals surface area contributed by atoms with Crippen LogP contribution in [0.4, 0.5) is 5.69 Å². The Balaban J connectivity index is 1.88. The molecule has 0 saturated heterocycles. The summed E-state index contributed by atoms with van der Waals surface area (Å²) >= 11 is 7.11. The molecule has 0 aliphatic carbocycles. The number of benzene rings is 3. The molecule has 128 valence electrons. The van der Waals surface area contributed by atoms with Crippen molar-refractivity contribution in [2.75, 3.05) is 0 Å². The lowest BCUT2D eigenvalue weighted by Gasteiger charge is -2.35. The predicted octanol–water partition coefficient (Wildman–Crippen LogP) is 7.72. The van der Waals surface area contributed by atoms with E-state index < -0.39 is 5.60 Å². The van der Waals surface area contributed by atoms with Crippen LogP contribution < -0.4 is 4.74 Å². The van der Waals surface area contributed by atoms with Crippen molar-refractivity contribution in [3.05, 3.63) is 80.5 Å². The largest absolute Gasteiger partial charge is 0.483 e. The summed E-state index contributed by atoms with van der Waals surface area (Å²) in [5, 5.41) is 0. The molecular weight excluding hydrogens is 454 g/mol. The Hall–Kier alpha value is -2.09. The van der Waals surface area contributed by atoms with Gasteiger partial charge in [0.25, 0.3) is 0 Å². The van der Waals surface area contributed by atoms with Crippen molar-refractivity contribution in [3.63, 3.8) is 0 Å². The molecule has 0 spiro atoms. The molecule has 1 heterocycles. The smallest absolute Gasteiger partial charge is 0.187 e. The lowest BCUT2D eigenvalue weighted by molar-refractivity contribution is 0.106. The van der Waals surface area contributed by atoms with Crippen molar-refractivity contribution < 1.29 is 4.74 Å². The Kier molecular flexibility index (Phi) is 4.17. The second-order valence-corrected chi connectivity index (χ2v) is 8.65. The highest BCUT2D eigenvalue weighted by atomic mass is 79.9. The van der Waals surface area contributed by atoms with Crippen molar-refractivity contribution in [3.8, 4) is 28.0 Å². The molecule has 0 unspecified atom stereocenters. The number of ether oxygens (including phenoxy) is 1. The van der Waals surface area contributed by atoms with Gasteiger partial charge in [0.1, 0.15) is 11.4 Å². The molecule has 0 bridgehead atoms. The van der Waals surface area contributed by atoms with E-state index in [1.165, 1.54) is 0 Å². The zero-order valence-electron chi connectivity index (χ0n) is 14.3. The quantitative estimate of drug-likeness (QED) is 0.333. The van der Waals surface area contributed by atoms with Gasteiger partial charge in [-0.05, 0) is 66.4 Å². The van der Waals surface area contributed by atoms with Crippen molar-refractivity contribution in [1.82, 2.24) is 0 Å². The van der Waals surface area contributed by atoms with E-state index >= 15 is 0 Å². The van der Waals surface area contributed by atoms with Gasteiger partial charge >= 0.3 is 0 Å². The summed E-state index contributed by atoms with van der Waals surface area (Å²) in [6.45, 7) is 11.4. The van der Waals surface area contributed by atoms with E-state index in [1.807, 2.05) is 38.1 Å². The van der Waals surface area contributed by atoms with Crippen LogP contribution in [0.15, 0.2) is 63.5 Å². The number of nitrogens with zero attached hydrogens (tertiary/aromatic N) is 1. The standard InChI is InChI=1S/C22H15Br2NO/c1-22(2)20-12-17(25-3)5-7-18(20)19-6-4-13(10-21(19)26-22)14-8-15(23)11-16(24)9-14/h4-12H,1-2H3. The lowest BCUT2D eigenvalue weighted by atomic mass is 9.85. The number of halogens is 2. The van der Waals surface area contributed by atoms with Gasteiger partial charge in [0.2, 0.25) is 0 Å². The Morgan fingerprint density at radius 3 is 2.23 bits per heavy atom. The number of rotatable bonds is 1.